The van der Waals surface area contributed by atoms with Crippen LogP contribution in [0.4, 0.5) is 4.79 Å². The van der Waals surface area contributed by atoms with Gasteiger partial charge in [0.05, 0.1) is 0 Å². The van der Waals surface area contributed by atoms with Gasteiger partial charge >= 0.3 is 6.03 Å². The summed E-state index contributed by atoms with van der Waals surface area (Å²) in [6.07, 6.45) is 3.59. The molecule has 1 aliphatic rings. The molecule has 0 spiro atoms. The number of imide groups is 1. The molecular weight excluding hydrogens is 296 g/mol. The average Bonchev–Trinajstić information content (AvgIpc) is 2.74. The first kappa shape index (κ1) is 16.6. The van der Waals surface area contributed by atoms with Crippen LogP contribution in [0, 0.1) is 0 Å². The Bertz CT molecular complexity index is 533. The van der Waals surface area contributed by atoms with Gasteiger partial charge in [-0.05, 0) is 18.4 Å². The van der Waals surface area contributed by atoms with Crippen LogP contribution in [0.2, 0.25) is 0 Å². The highest BCUT2D eigenvalue weighted by Gasteiger charge is 2.42. The molecule has 0 bridgehead atoms. The number of hydrogen-bond donors (Lipinski definition) is 0. The summed E-state index contributed by atoms with van der Waals surface area (Å²) in [5, 5.41) is 0. The Kier molecular flexibility index (Phi) is 6.07. The first-order valence-corrected chi connectivity index (χ1v) is 8.61. The van der Waals surface area contributed by atoms with E-state index >= 15 is 0 Å². The molecule has 0 radical (unpaired) electrons. The minimum atomic E-state index is -0.335. The van der Waals surface area contributed by atoms with E-state index in [-0.39, 0.29) is 18.0 Å². The lowest BCUT2D eigenvalue weighted by molar-refractivity contribution is -0.126. The molecule has 1 atom stereocenters. The van der Waals surface area contributed by atoms with Crippen LogP contribution in [-0.4, -0.2) is 52.9 Å². The molecule has 3 amide bonds. The number of nitrogens with zero attached hydrogens (tertiary/aromatic N) is 2. The lowest BCUT2D eigenvalue weighted by Crippen LogP contribution is -2.37. The van der Waals surface area contributed by atoms with Crippen molar-refractivity contribution in [3.8, 4) is 0 Å². The highest BCUT2D eigenvalue weighted by molar-refractivity contribution is 7.99. The zero-order valence-corrected chi connectivity index (χ0v) is 13.7. The number of rotatable bonds is 8. The van der Waals surface area contributed by atoms with Gasteiger partial charge in [-0.25, -0.2) is 4.79 Å². The Hall–Kier alpha value is -1.75. The van der Waals surface area contributed by atoms with E-state index in [1.807, 2.05) is 24.3 Å². The van der Waals surface area contributed by atoms with Crippen molar-refractivity contribution >= 4 is 23.7 Å². The van der Waals surface area contributed by atoms with Gasteiger partial charge in [-0.3, -0.25) is 9.69 Å². The largest absolute Gasteiger partial charge is 0.327 e. The quantitative estimate of drug-likeness (QED) is 0.420. The summed E-state index contributed by atoms with van der Waals surface area (Å²) in [5.74, 6) is 1.33. The fourth-order valence-electron chi connectivity index (χ4n) is 2.55. The third-order valence-electron chi connectivity index (χ3n) is 3.74. The Balaban J connectivity index is 1.91. The van der Waals surface area contributed by atoms with E-state index in [9.17, 15) is 9.59 Å². The number of thioether (sulfide) groups is 1. The monoisotopic (exact) mass is 318 g/mol. The molecule has 0 aliphatic carbocycles. The maximum Gasteiger partial charge on any atom is 0.327 e. The normalized spacial score (nSPS) is 18.1. The van der Waals surface area contributed by atoms with Crippen molar-refractivity contribution in [2.24, 2.45) is 0 Å². The summed E-state index contributed by atoms with van der Waals surface area (Å²) < 4.78 is 0. The highest BCUT2D eigenvalue weighted by Crippen LogP contribution is 2.21. The average molecular weight is 318 g/mol. The van der Waals surface area contributed by atoms with E-state index in [1.165, 1.54) is 10.5 Å². The van der Waals surface area contributed by atoms with Gasteiger partial charge in [0.1, 0.15) is 6.04 Å². The molecule has 5 heteroatoms. The van der Waals surface area contributed by atoms with Gasteiger partial charge in [-0.15, -0.1) is 6.58 Å². The predicted molar refractivity (Wildman–Crippen MR) is 90.9 cm³/mol. The first-order chi connectivity index (χ1) is 10.6. The van der Waals surface area contributed by atoms with Crippen molar-refractivity contribution in [3.05, 3.63) is 48.6 Å². The molecule has 1 saturated heterocycles. The topological polar surface area (TPSA) is 40.6 Å². The first-order valence-electron chi connectivity index (χ1n) is 7.46. The summed E-state index contributed by atoms with van der Waals surface area (Å²) >= 11 is 1.63. The molecule has 118 valence electrons. The number of benzene rings is 1. The highest BCUT2D eigenvalue weighted by atomic mass is 32.2. The van der Waals surface area contributed by atoms with Crippen LogP contribution < -0.4 is 0 Å². The van der Waals surface area contributed by atoms with Crippen LogP contribution >= 0.6 is 11.8 Å². The van der Waals surface area contributed by atoms with Gasteiger partial charge in [0, 0.05) is 25.1 Å². The summed E-state index contributed by atoms with van der Waals surface area (Å²) in [7, 11) is 1.56. The molecular formula is C17H22N2O2S. The fourth-order valence-corrected chi connectivity index (χ4v) is 3.40. The Labute approximate surface area is 136 Å². The SMILES string of the molecule is C=CCSCC1C(=O)N(C)C(=O)N1CCCc1ccccc1. The molecule has 4 nitrogen and oxygen atoms in total. The molecule has 0 N–H and O–H groups in total. The van der Waals surface area contributed by atoms with Crippen LogP contribution in [0.1, 0.15) is 12.0 Å². The predicted octanol–water partition coefficient (Wildman–Crippen LogP) is 2.80. The molecule has 0 aromatic heterocycles. The van der Waals surface area contributed by atoms with Crippen molar-refractivity contribution in [2.75, 3.05) is 25.1 Å². The number of likely N-dealkylation sites (N-methyl/N-ethyl adjacent to an activating group) is 1. The van der Waals surface area contributed by atoms with Crippen molar-refractivity contribution < 1.29 is 9.59 Å². The van der Waals surface area contributed by atoms with Crippen molar-refractivity contribution in [1.82, 2.24) is 9.80 Å². The number of carbonyl (C=O) groups excluding carboxylic acids is 2. The van der Waals surface area contributed by atoms with Crippen molar-refractivity contribution in [1.29, 1.82) is 0 Å². The van der Waals surface area contributed by atoms with Crippen LogP contribution in [0.3, 0.4) is 0 Å². The molecule has 1 heterocycles. The Morgan fingerprint density at radius 2 is 2.00 bits per heavy atom. The summed E-state index contributed by atoms with van der Waals surface area (Å²) in [6.45, 7) is 4.29. The van der Waals surface area contributed by atoms with Crippen LogP contribution in [0.5, 0.6) is 0 Å². The molecule has 1 unspecified atom stereocenters. The maximum atomic E-state index is 12.2. The van der Waals surface area contributed by atoms with E-state index < -0.39 is 0 Å². The summed E-state index contributed by atoms with van der Waals surface area (Å²) in [4.78, 5) is 27.3. The number of hydrogen-bond acceptors (Lipinski definition) is 3. The van der Waals surface area contributed by atoms with E-state index in [4.69, 9.17) is 0 Å². The molecule has 22 heavy (non-hydrogen) atoms. The van der Waals surface area contributed by atoms with E-state index in [0.29, 0.717) is 12.3 Å². The Morgan fingerprint density at radius 1 is 1.27 bits per heavy atom. The number of amides is 3. The van der Waals surface area contributed by atoms with Gasteiger partial charge in [0.2, 0.25) is 0 Å². The standard InChI is InChI=1S/C17H22N2O2S/c1-3-12-22-13-15-16(20)18(2)17(21)19(15)11-7-10-14-8-5-4-6-9-14/h3-6,8-9,15H,1,7,10-13H2,2H3. The van der Waals surface area contributed by atoms with E-state index in [2.05, 4.69) is 18.7 Å². The van der Waals surface area contributed by atoms with Crippen molar-refractivity contribution in [2.45, 2.75) is 18.9 Å². The van der Waals surface area contributed by atoms with Gasteiger partial charge in [0.15, 0.2) is 0 Å². The maximum absolute atomic E-state index is 12.2. The van der Waals surface area contributed by atoms with Crippen LogP contribution in [-0.2, 0) is 11.2 Å². The van der Waals surface area contributed by atoms with Gasteiger partial charge in [-0.1, -0.05) is 36.4 Å². The van der Waals surface area contributed by atoms with Crippen LogP contribution in [0.25, 0.3) is 0 Å². The second-order valence-electron chi connectivity index (χ2n) is 5.30. The number of urea groups is 1. The second kappa shape index (κ2) is 8.03. The lowest BCUT2D eigenvalue weighted by atomic mass is 10.1. The van der Waals surface area contributed by atoms with Gasteiger partial charge in [-0.2, -0.15) is 11.8 Å². The van der Waals surface area contributed by atoms with Crippen LogP contribution in [0.15, 0.2) is 43.0 Å². The van der Waals surface area contributed by atoms with Gasteiger partial charge in [0.25, 0.3) is 5.91 Å². The van der Waals surface area contributed by atoms with E-state index in [1.54, 1.807) is 23.7 Å². The minimum absolute atomic E-state index is 0.0960. The molecule has 1 aromatic rings. The summed E-state index contributed by atoms with van der Waals surface area (Å²) in [5.41, 5.74) is 1.26. The number of aryl methyl sites for hydroxylation is 1. The zero-order chi connectivity index (χ0) is 15.9. The number of carbonyl (C=O) groups is 2. The minimum Gasteiger partial charge on any atom is -0.311 e. The molecule has 0 saturated carbocycles. The van der Waals surface area contributed by atoms with E-state index in [0.717, 1.165) is 18.6 Å². The van der Waals surface area contributed by atoms with Gasteiger partial charge < -0.3 is 4.90 Å². The Morgan fingerprint density at radius 3 is 2.68 bits per heavy atom. The van der Waals surface area contributed by atoms with Crippen molar-refractivity contribution in [3.63, 3.8) is 0 Å². The zero-order valence-electron chi connectivity index (χ0n) is 12.9. The fraction of sp³-hybridized carbons (Fsp3) is 0.412. The molecule has 1 aromatic carbocycles. The third kappa shape index (κ3) is 3.91. The summed E-state index contributed by atoms with van der Waals surface area (Å²) in [6, 6.07) is 9.68. The molecule has 1 aliphatic heterocycles. The lowest BCUT2D eigenvalue weighted by Gasteiger charge is -2.21. The molecule has 2 rings (SSSR count). The third-order valence-corrected chi connectivity index (χ3v) is 4.77. The second-order valence-corrected chi connectivity index (χ2v) is 6.38. The smallest absolute Gasteiger partial charge is 0.311 e. The molecule has 1 fully saturated rings.